The lowest BCUT2D eigenvalue weighted by atomic mass is 10.2. The first-order valence-corrected chi connectivity index (χ1v) is 9.95. The van der Waals surface area contributed by atoms with Crippen LogP contribution >= 0.6 is 11.3 Å². The maximum absolute atomic E-state index is 12.4. The topological polar surface area (TPSA) is 45.7 Å². The predicted octanol–water partition coefficient (Wildman–Crippen LogP) is 3.65. The fourth-order valence-corrected chi connectivity index (χ4v) is 4.25. The van der Waals surface area contributed by atoms with Gasteiger partial charge in [0, 0.05) is 48.7 Å². The van der Waals surface area contributed by atoms with E-state index in [-0.39, 0.29) is 12.1 Å². The Balaban J connectivity index is 1.64. The molecule has 5 nitrogen and oxygen atoms in total. The van der Waals surface area contributed by atoms with Gasteiger partial charge in [0.15, 0.2) is 0 Å². The van der Waals surface area contributed by atoms with E-state index in [9.17, 15) is 4.79 Å². The number of pyridine rings is 1. The molecule has 1 aliphatic rings. The van der Waals surface area contributed by atoms with Crippen LogP contribution in [0.25, 0.3) is 0 Å². The molecule has 0 aliphatic carbocycles. The average Bonchev–Trinajstić information content (AvgIpc) is 2.92. The lowest BCUT2D eigenvalue weighted by molar-refractivity contribution is 0.0378. The summed E-state index contributed by atoms with van der Waals surface area (Å²) in [4.78, 5) is 24.3. The van der Waals surface area contributed by atoms with Crippen LogP contribution in [0, 0.1) is 13.8 Å². The zero-order chi connectivity index (χ0) is 18.7. The molecule has 6 heteroatoms. The minimum Gasteiger partial charge on any atom is -0.459 e. The first-order valence-electron chi connectivity index (χ1n) is 9.13. The van der Waals surface area contributed by atoms with Crippen LogP contribution in [0.1, 0.15) is 39.5 Å². The number of ether oxygens (including phenoxy) is 1. The Kier molecular flexibility index (Phi) is 5.94. The lowest BCUT2D eigenvalue weighted by Gasteiger charge is -2.35. The lowest BCUT2D eigenvalue weighted by Crippen LogP contribution is -2.46. The third-order valence-electron chi connectivity index (χ3n) is 4.62. The molecule has 0 bridgehead atoms. The monoisotopic (exact) mass is 373 g/mol. The molecule has 0 atom stereocenters. The first kappa shape index (κ1) is 18.9. The summed E-state index contributed by atoms with van der Waals surface area (Å²) in [6, 6.07) is 5.89. The van der Waals surface area contributed by atoms with E-state index in [1.807, 2.05) is 25.2 Å². The Morgan fingerprint density at radius 3 is 2.62 bits per heavy atom. The van der Waals surface area contributed by atoms with Crippen molar-refractivity contribution < 1.29 is 9.53 Å². The van der Waals surface area contributed by atoms with Gasteiger partial charge in [-0.15, -0.1) is 11.3 Å². The maximum atomic E-state index is 12.4. The Hall–Kier alpha value is -1.92. The second kappa shape index (κ2) is 8.18. The molecule has 2 aromatic heterocycles. The van der Waals surface area contributed by atoms with Crippen LogP contribution in [0.2, 0.25) is 0 Å². The standard InChI is InChI=1S/C20H27N3O2S/c1-14(2)25-20(24)18-6-5-7-21-19(18)23-10-8-22(9-11-23)13-17-12-15(3)16(4)26-17/h5-7,12,14H,8-11,13H2,1-4H3. The Labute approximate surface area is 159 Å². The average molecular weight is 374 g/mol. The van der Waals surface area contributed by atoms with Crippen molar-refractivity contribution in [3.8, 4) is 0 Å². The van der Waals surface area contributed by atoms with Gasteiger partial charge in [-0.2, -0.15) is 0 Å². The van der Waals surface area contributed by atoms with Crippen LogP contribution in [0.5, 0.6) is 0 Å². The molecule has 0 amide bonds. The number of carbonyl (C=O) groups excluding carboxylic acids is 1. The summed E-state index contributed by atoms with van der Waals surface area (Å²) < 4.78 is 5.37. The van der Waals surface area contributed by atoms with E-state index in [1.165, 1.54) is 15.3 Å². The van der Waals surface area contributed by atoms with Crippen LogP contribution < -0.4 is 4.90 Å². The summed E-state index contributed by atoms with van der Waals surface area (Å²) >= 11 is 1.89. The zero-order valence-electron chi connectivity index (χ0n) is 16.0. The van der Waals surface area contributed by atoms with E-state index < -0.39 is 0 Å². The van der Waals surface area contributed by atoms with Gasteiger partial charge in [-0.3, -0.25) is 4.90 Å². The van der Waals surface area contributed by atoms with E-state index >= 15 is 0 Å². The van der Waals surface area contributed by atoms with E-state index in [1.54, 1.807) is 18.3 Å². The molecular weight excluding hydrogens is 346 g/mol. The molecule has 1 aliphatic heterocycles. The number of hydrogen-bond acceptors (Lipinski definition) is 6. The number of anilines is 1. The molecule has 140 valence electrons. The van der Waals surface area contributed by atoms with Crippen molar-refractivity contribution in [1.82, 2.24) is 9.88 Å². The molecule has 0 spiro atoms. The molecule has 3 rings (SSSR count). The highest BCUT2D eigenvalue weighted by Gasteiger charge is 2.24. The van der Waals surface area contributed by atoms with Crippen molar-refractivity contribution in [3.63, 3.8) is 0 Å². The predicted molar refractivity (Wildman–Crippen MR) is 106 cm³/mol. The van der Waals surface area contributed by atoms with Gasteiger partial charge in [0.25, 0.3) is 0 Å². The van der Waals surface area contributed by atoms with Gasteiger partial charge in [-0.1, -0.05) is 0 Å². The van der Waals surface area contributed by atoms with Crippen molar-refractivity contribution >= 4 is 23.1 Å². The van der Waals surface area contributed by atoms with Crippen LogP contribution in [0.3, 0.4) is 0 Å². The van der Waals surface area contributed by atoms with Gasteiger partial charge in [0.2, 0.25) is 0 Å². The Morgan fingerprint density at radius 1 is 1.27 bits per heavy atom. The third-order valence-corrected chi connectivity index (χ3v) is 5.75. The molecule has 0 radical (unpaired) electrons. The summed E-state index contributed by atoms with van der Waals surface area (Å²) in [7, 11) is 0. The van der Waals surface area contributed by atoms with Crippen molar-refractivity contribution in [2.45, 2.75) is 40.3 Å². The van der Waals surface area contributed by atoms with E-state index in [0.717, 1.165) is 38.5 Å². The molecule has 26 heavy (non-hydrogen) atoms. The number of carbonyl (C=O) groups is 1. The minimum absolute atomic E-state index is 0.134. The highest BCUT2D eigenvalue weighted by atomic mass is 32.1. The smallest absolute Gasteiger partial charge is 0.342 e. The number of hydrogen-bond donors (Lipinski definition) is 0. The number of rotatable bonds is 5. The van der Waals surface area contributed by atoms with Crippen molar-refractivity contribution in [1.29, 1.82) is 0 Å². The van der Waals surface area contributed by atoms with E-state index in [2.05, 4.69) is 34.7 Å². The normalized spacial score (nSPS) is 15.5. The molecule has 0 aromatic carbocycles. The molecule has 0 saturated carbocycles. The summed E-state index contributed by atoms with van der Waals surface area (Å²) in [5.41, 5.74) is 1.93. The van der Waals surface area contributed by atoms with Crippen molar-refractivity contribution in [3.05, 3.63) is 45.3 Å². The van der Waals surface area contributed by atoms with Gasteiger partial charge < -0.3 is 9.64 Å². The largest absolute Gasteiger partial charge is 0.459 e. The quantitative estimate of drug-likeness (QED) is 0.749. The molecule has 2 aromatic rings. The van der Waals surface area contributed by atoms with Crippen LogP contribution in [0.15, 0.2) is 24.4 Å². The fraction of sp³-hybridized carbons (Fsp3) is 0.500. The van der Waals surface area contributed by atoms with Crippen LogP contribution in [0.4, 0.5) is 5.82 Å². The van der Waals surface area contributed by atoms with Gasteiger partial charge in [-0.25, -0.2) is 9.78 Å². The highest BCUT2D eigenvalue weighted by Crippen LogP contribution is 2.24. The minimum atomic E-state index is -0.296. The first-order chi connectivity index (χ1) is 12.4. The summed E-state index contributed by atoms with van der Waals surface area (Å²) in [6.45, 7) is 12.7. The van der Waals surface area contributed by atoms with Gasteiger partial charge >= 0.3 is 5.97 Å². The molecule has 1 fully saturated rings. The number of piperazine rings is 1. The van der Waals surface area contributed by atoms with Gasteiger partial charge in [0.1, 0.15) is 11.4 Å². The van der Waals surface area contributed by atoms with E-state index in [0.29, 0.717) is 5.56 Å². The number of aryl methyl sites for hydroxylation is 2. The summed E-state index contributed by atoms with van der Waals surface area (Å²) in [5, 5.41) is 0. The second-order valence-corrected chi connectivity index (χ2v) is 8.38. The molecule has 3 heterocycles. The zero-order valence-corrected chi connectivity index (χ0v) is 16.8. The Bertz CT molecular complexity index is 745. The second-order valence-electron chi connectivity index (χ2n) is 7.04. The van der Waals surface area contributed by atoms with Crippen LogP contribution in [-0.4, -0.2) is 48.1 Å². The van der Waals surface area contributed by atoms with Crippen molar-refractivity contribution in [2.75, 3.05) is 31.1 Å². The van der Waals surface area contributed by atoms with Crippen molar-refractivity contribution in [2.24, 2.45) is 0 Å². The fourth-order valence-electron chi connectivity index (χ4n) is 3.15. The number of thiophene rings is 1. The highest BCUT2D eigenvalue weighted by molar-refractivity contribution is 7.12. The summed E-state index contributed by atoms with van der Waals surface area (Å²) in [5.74, 6) is 0.440. The number of nitrogens with zero attached hydrogens (tertiary/aromatic N) is 3. The van der Waals surface area contributed by atoms with Crippen LogP contribution in [-0.2, 0) is 11.3 Å². The van der Waals surface area contributed by atoms with E-state index in [4.69, 9.17) is 4.74 Å². The molecule has 0 N–H and O–H groups in total. The number of aromatic nitrogens is 1. The molecule has 0 unspecified atom stereocenters. The SMILES string of the molecule is Cc1cc(CN2CCN(c3ncccc3C(=O)OC(C)C)CC2)sc1C. The number of esters is 1. The molecular formula is C20H27N3O2S. The maximum Gasteiger partial charge on any atom is 0.342 e. The van der Waals surface area contributed by atoms with Gasteiger partial charge in [0.05, 0.1) is 6.10 Å². The molecule has 1 saturated heterocycles. The summed E-state index contributed by atoms with van der Waals surface area (Å²) in [6.07, 6.45) is 1.61. The third kappa shape index (κ3) is 4.43. The Morgan fingerprint density at radius 2 is 2.00 bits per heavy atom. The van der Waals surface area contributed by atoms with Gasteiger partial charge in [-0.05, 0) is 51.5 Å².